The second-order valence-corrected chi connectivity index (χ2v) is 8.31. The molecule has 1 aromatic carbocycles. The Balaban J connectivity index is 1.97. The molecule has 0 radical (unpaired) electrons. The predicted molar refractivity (Wildman–Crippen MR) is 124 cm³/mol. The van der Waals surface area contributed by atoms with Crippen LogP contribution >= 0.6 is 0 Å². The Morgan fingerprint density at radius 1 is 1.03 bits per heavy atom. The summed E-state index contributed by atoms with van der Waals surface area (Å²) in [5, 5.41) is 0. The number of anilines is 1. The number of nitrogens with zero attached hydrogens (tertiary/aromatic N) is 4. The lowest BCUT2D eigenvalue weighted by Gasteiger charge is -2.21. The number of hydrogen-bond acceptors (Lipinski definition) is 5. The first-order chi connectivity index (χ1) is 14.2. The Bertz CT molecular complexity index is 1070. The van der Waals surface area contributed by atoms with Gasteiger partial charge in [-0.15, -0.1) is 0 Å². The third kappa shape index (κ3) is 4.82. The van der Waals surface area contributed by atoms with Gasteiger partial charge in [0.2, 0.25) is 0 Å². The normalized spacial score (nSPS) is 12.2. The number of nitrogen functional groups attached to an aromatic ring is 1. The molecule has 0 atom stereocenters. The summed E-state index contributed by atoms with van der Waals surface area (Å²) in [7, 11) is 0. The molecule has 3 rings (SSSR count). The fourth-order valence-corrected chi connectivity index (χ4v) is 2.92. The molecule has 0 aliphatic heterocycles. The molecule has 3 aromatic rings. The number of benzene rings is 1. The maximum absolute atomic E-state index is 6.21. The summed E-state index contributed by atoms with van der Waals surface area (Å²) in [4.78, 5) is 18.3. The number of aryl methyl sites for hydroxylation is 2. The summed E-state index contributed by atoms with van der Waals surface area (Å²) in [5.74, 6) is 1.66. The van der Waals surface area contributed by atoms with Crippen molar-refractivity contribution >= 4 is 11.7 Å². The minimum Gasteiger partial charge on any atom is -0.387 e. The fourth-order valence-electron chi connectivity index (χ4n) is 2.92. The molecule has 0 bridgehead atoms. The van der Waals surface area contributed by atoms with Crippen LogP contribution in [0, 0.1) is 19.3 Å². The molecule has 0 saturated heterocycles. The van der Waals surface area contributed by atoms with E-state index in [-0.39, 0.29) is 5.41 Å². The van der Waals surface area contributed by atoms with E-state index in [1.807, 2.05) is 32.2 Å². The Morgan fingerprint density at radius 2 is 1.80 bits per heavy atom. The first-order valence-corrected chi connectivity index (χ1v) is 10.2. The molecular weight excluding hydrogens is 372 g/mol. The van der Waals surface area contributed by atoms with Gasteiger partial charge in [0, 0.05) is 23.2 Å². The van der Waals surface area contributed by atoms with Gasteiger partial charge in [-0.05, 0) is 49.1 Å². The standard InChI is InChI=1S/C24H30N6/c1-6-24(4,5)23(26)28-14-17-9-8-16(3)18(11-17)22-29-20(12-21(25)30-22)19-10-7-15(2)13-27-19/h7-13H,6,14H2,1-5H3,(H2,26,28)(H2,25,29,30). The number of aliphatic imine (C=N–C) groups is 1. The van der Waals surface area contributed by atoms with Gasteiger partial charge in [0.05, 0.1) is 23.8 Å². The van der Waals surface area contributed by atoms with Gasteiger partial charge >= 0.3 is 0 Å². The highest BCUT2D eigenvalue weighted by molar-refractivity contribution is 5.85. The lowest BCUT2D eigenvalue weighted by atomic mass is 9.89. The highest BCUT2D eigenvalue weighted by atomic mass is 15.0. The van der Waals surface area contributed by atoms with Crippen molar-refractivity contribution in [1.82, 2.24) is 15.0 Å². The number of rotatable bonds is 6. The van der Waals surface area contributed by atoms with Crippen molar-refractivity contribution in [1.29, 1.82) is 0 Å². The van der Waals surface area contributed by atoms with Crippen LogP contribution in [0.1, 0.15) is 43.9 Å². The molecule has 0 amide bonds. The Labute approximate surface area is 178 Å². The summed E-state index contributed by atoms with van der Waals surface area (Å²) < 4.78 is 0. The molecular formula is C24H30N6. The van der Waals surface area contributed by atoms with Gasteiger partial charge in [0.1, 0.15) is 5.82 Å². The van der Waals surface area contributed by atoms with Crippen molar-refractivity contribution in [3.8, 4) is 22.8 Å². The second kappa shape index (κ2) is 8.61. The molecule has 0 unspecified atom stereocenters. The van der Waals surface area contributed by atoms with E-state index in [2.05, 4.69) is 53.9 Å². The predicted octanol–water partition coefficient (Wildman–Crippen LogP) is 4.70. The van der Waals surface area contributed by atoms with Crippen LogP contribution in [-0.2, 0) is 6.54 Å². The lowest BCUT2D eigenvalue weighted by Crippen LogP contribution is -2.31. The van der Waals surface area contributed by atoms with Crippen molar-refractivity contribution in [2.75, 3.05) is 5.73 Å². The summed E-state index contributed by atoms with van der Waals surface area (Å²) in [5.41, 5.74) is 17.8. The molecule has 0 aliphatic carbocycles. The van der Waals surface area contributed by atoms with Crippen molar-refractivity contribution in [3.63, 3.8) is 0 Å². The lowest BCUT2D eigenvalue weighted by molar-refractivity contribution is 0.496. The van der Waals surface area contributed by atoms with Crippen LogP contribution in [-0.4, -0.2) is 20.8 Å². The average Bonchev–Trinajstić information content (AvgIpc) is 2.72. The van der Waals surface area contributed by atoms with E-state index >= 15 is 0 Å². The van der Waals surface area contributed by atoms with Crippen molar-refractivity contribution in [3.05, 3.63) is 59.3 Å². The van der Waals surface area contributed by atoms with Gasteiger partial charge in [0.25, 0.3) is 0 Å². The van der Waals surface area contributed by atoms with Gasteiger partial charge in [-0.3, -0.25) is 9.98 Å². The average molecular weight is 403 g/mol. The van der Waals surface area contributed by atoms with E-state index < -0.39 is 0 Å². The fraction of sp³-hybridized carbons (Fsp3) is 0.333. The molecule has 30 heavy (non-hydrogen) atoms. The van der Waals surface area contributed by atoms with Crippen LogP contribution in [0.3, 0.4) is 0 Å². The first kappa shape index (κ1) is 21.4. The minimum absolute atomic E-state index is 0.111. The van der Waals surface area contributed by atoms with Crippen LogP contribution in [0.25, 0.3) is 22.8 Å². The molecule has 2 aromatic heterocycles. The molecule has 0 saturated carbocycles. The molecule has 6 heteroatoms. The third-order valence-electron chi connectivity index (χ3n) is 5.47. The Kier molecular flexibility index (Phi) is 6.15. The van der Waals surface area contributed by atoms with Crippen LogP contribution in [0.15, 0.2) is 47.6 Å². The van der Waals surface area contributed by atoms with Gasteiger partial charge in [0.15, 0.2) is 5.82 Å². The third-order valence-corrected chi connectivity index (χ3v) is 5.47. The zero-order chi connectivity index (χ0) is 21.9. The highest BCUT2D eigenvalue weighted by Crippen LogP contribution is 2.26. The summed E-state index contributed by atoms with van der Waals surface area (Å²) in [6.45, 7) is 10.9. The number of nitrogens with two attached hydrogens (primary N) is 2. The second-order valence-electron chi connectivity index (χ2n) is 8.31. The number of hydrogen-bond donors (Lipinski definition) is 2. The molecule has 156 valence electrons. The number of pyridine rings is 1. The number of aromatic nitrogens is 3. The van der Waals surface area contributed by atoms with Crippen molar-refractivity contribution < 1.29 is 0 Å². The van der Waals surface area contributed by atoms with E-state index in [1.54, 1.807) is 6.07 Å². The van der Waals surface area contributed by atoms with Crippen LogP contribution < -0.4 is 11.5 Å². The zero-order valence-corrected chi connectivity index (χ0v) is 18.4. The highest BCUT2D eigenvalue weighted by Gasteiger charge is 2.19. The molecule has 0 fully saturated rings. The topological polar surface area (TPSA) is 103 Å². The largest absolute Gasteiger partial charge is 0.387 e. The van der Waals surface area contributed by atoms with Gasteiger partial charge < -0.3 is 11.5 Å². The SMILES string of the molecule is CCC(C)(C)C(N)=NCc1ccc(C)c(-c2nc(N)cc(-c3ccc(C)cn3)n2)c1. The zero-order valence-electron chi connectivity index (χ0n) is 18.4. The number of amidine groups is 1. The van der Waals surface area contributed by atoms with Crippen molar-refractivity contribution in [2.45, 2.75) is 47.6 Å². The maximum atomic E-state index is 6.21. The maximum Gasteiger partial charge on any atom is 0.162 e. The summed E-state index contributed by atoms with van der Waals surface area (Å²) in [6, 6.07) is 11.9. The summed E-state index contributed by atoms with van der Waals surface area (Å²) >= 11 is 0. The molecule has 6 nitrogen and oxygen atoms in total. The molecule has 4 N–H and O–H groups in total. The van der Waals surface area contributed by atoms with Crippen molar-refractivity contribution in [2.24, 2.45) is 16.1 Å². The van der Waals surface area contributed by atoms with Gasteiger partial charge in [-0.2, -0.15) is 0 Å². The quantitative estimate of drug-likeness (QED) is 0.459. The Hall–Kier alpha value is -3.28. The summed E-state index contributed by atoms with van der Waals surface area (Å²) in [6.07, 6.45) is 2.76. The Morgan fingerprint density at radius 3 is 2.47 bits per heavy atom. The first-order valence-electron chi connectivity index (χ1n) is 10.2. The molecule has 2 heterocycles. The van der Waals surface area contributed by atoms with E-state index in [0.717, 1.165) is 34.4 Å². The van der Waals surface area contributed by atoms with Crippen LogP contribution in [0.4, 0.5) is 5.82 Å². The van der Waals surface area contributed by atoms with E-state index in [9.17, 15) is 0 Å². The molecule has 0 spiro atoms. The van der Waals surface area contributed by atoms with Gasteiger partial charge in [-0.25, -0.2) is 9.97 Å². The minimum atomic E-state index is -0.111. The van der Waals surface area contributed by atoms with Gasteiger partial charge in [-0.1, -0.05) is 39.0 Å². The smallest absolute Gasteiger partial charge is 0.162 e. The monoisotopic (exact) mass is 402 g/mol. The van der Waals surface area contributed by atoms with Crippen LogP contribution in [0.5, 0.6) is 0 Å². The van der Waals surface area contributed by atoms with E-state index in [1.165, 1.54) is 0 Å². The molecule has 0 aliphatic rings. The van der Waals surface area contributed by atoms with E-state index in [4.69, 9.17) is 16.5 Å². The van der Waals surface area contributed by atoms with Crippen LogP contribution in [0.2, 0.25) is 0 Å². The van der Waals surface area contributed by atoms with E-state index in [0.29, 0.717) is 29.7 Å².